The van der Waals surface area contributed by atoms with E-state index in [1.807, 2.05) is 6.07 Å². The number of rotatable bonds is 9. The highest BCUT2D eigenvalue weighted by Gasteiger charge is 2.21. The van der Waals surface area contributed by atoms with Crippen molar-refractivity contribution >= 4 is 22.9 Å². The summed E-state index contributed by atoms with van der Waals surface area (Å²) >= 11 is 1.44. The number of methoxy groups -OCH3 is 3. The van der Waals surface area contributed by atoms with E-state index in [-0.39, 0.29) is 5.91 Å². The van der Waals surface area contributed by atoms with Crippen LogP contribution in [0, 0.1) is 0 Å². The Kier molecular flexibility index (Phi) is 7.17. The van der Waals surface area contributed by atoms with Gasteiger partial charge in [-0.2, -0.15) is 0 Å². The van der Waals surface area contributed by atoms with Gasteiger partial charge in [0.15, 0.2) is 11.5 Å². The number of nitrogens with two attached hydrogens (primary N) is 1. The normalized spacial score (nSPS) is 10.6. The maximum Gasteiger partial charge on any atom is 0.277 e. The fraction of sp³-hybridized carbons (Fsp3) is 0.412. The summed E-state index contributed by atoms with van der Waals surface area (Å²) in [4.78, 5) is 18.9. The summed E-state index contributed by atoms with van der Waals surface area (Å²) in [6, 6.07) is 5.34. The second-order valence-corrected chi connectivity index (χ2v) is 6.10. The summed E-state index contributed by atoms with van der Waals surface area (Å²) in [5, 5.41) is 2.61. The van der Waals surface area contributed by atoms with Gasteiger partial charge in [0.1, 0.15) is 5.69 Å². The highest BCUT2D eigenvalue weighted by atomic mass is 32.1. The molecule has 136 valence electrons. The first-order valence-corrected chi connectivity index (χ1v) is 8.69. The molecule has 1 amide bonds. The zero-order chi connectivity index (χ0) is 18.2. The zero-order valence-corrected chi connectivity index (χ0v) is 15.5. The van der Waals surface area contributed by atoms with E-state index in [4.69, 9.17) is 19.9 Å². The van der Waals surface area contributed by atoms with Crippen molar-refractivity contribution in [2.24, 2.45) is 5.73 Å². The van der Waals surface area contributed by atoms with Crippen LogP contribution < -0.4 is 20.1 Å². The van der Waals surface area contributed by atoms with Gasteiger partial charge in [0.05, 0.1) is 25.8 Å². The van der Waals surface area contributed by atoms with Crippen LogP contribution in [0.3, 0.4) is 0 Å². The molecule has 2 aromatic rings. The first kappa shape index (κ1) is 19.2. The lowest BCUT2D eigenvalue weighted by Gasteiger charge is -2.22. The second kappa shape index (κ2) is 9.36. The molecule has 0 aliphatic carbocycles. The van der Waals surface area contributed by atoms with Crippen LogP contribution in [0.1, 0.15) is 15.5 Å². The van der Waals surface area contributed by atoms with Gasteiger partial charge in [0, 0.05) is 37.2 Å². The van der Waals surface area contributed by atoms with E-state index in [2.05, 4.69) is 4.98 Å². The molecule has 0 unspecified atom stereocenters. The monoisotopic (exact) mass is 365 g/mol. The molecular formula is C17H23N3O4S. The predicted molar refractivity (Wildman–Crippen MR) is 98.0 cm³/mol. The van der Waals surface area contributed by atoms with Crippen molar-refractivity contribution in [3.63, 3.8) is 0 Å². The summed E-state index contributed by atoms with van der Waals surface area (Å²) in [5.41, 5.74) is 6.64. The number of carbonyl (C=O) groups excluding carboxylic acids is 1. The fourth-order valence-electron chi connectivity index (χ4n) is 2.31. The number of anilines is 1. The van der Waals surface area contributed by atoms with Gasteiger partial charge in [-0.05, 0) is 18.7 Å². The molecule has 0 atom stereocenters. The quantitative estimate of drug-likeness (QED) is 0.731. The van der Waals surface area contributed by atoms with Crippen LogP contribution >= 0.6 is 11.3 Å². The van der Waals surface area contributed by atoms with Crippen molar-refractivity contribution in [3.05, 3.63) is 34.3 Å². The van der Waals surface area contributed by atoms with E-state index in [1.165, 1.54) is 11.3 Å². The molecule has 8 heteroatoms. The van der Waals surface area contributed by atoms with Gasteiger partial charge in [-0.1, -0.05) is 0 Å². The second-order valence-electron chi connectivity index (χ2n) is 5.15. The van der Waals surface area contributed by atoms with Crippen molar-refractivity contribution in [2.45, 2.75) is 6.42 Å². The van der Waals surface area contributed by atoms with Crippen molar-refractivity contribution in [1.29, 1.82) is 0 Å². The van der Waals surface area contributed by atoms with E-state index in [9.17, 15) is 4.79 Å². The standard InChI is InChI=1S/C17H23N3O4S/c1-22-9-8-20(12-4-5-14(23-2)15(10-12)24-3)17(21)13-11-25-16(19-13)6-7-18/h4-5,10-11H,6-9,18H2,1-3H3. The molecule has 0 saturated heterocycles. The number of carbonyl (C=O) groups is 1. The van der Waals surface area contributed by atoms with Gasteiger partial charge in [0.25, 0.3) is 5.91 Å². The third-order valence-electron chi connectivity index (χ3n) is 3.57. The van der Waals surface area contributed by atoms with Crippen LogP contribution in [-0.4, -0.2) is 51.9 Å². The highest BCUT2D eigenvalue weighted by Crippen LogP contribution is 2.32. The lowest BCUT2D eigenvalue weighted by molar-refractivity contribution is 0.0971. The van der Waals surface area contributed by atoms with Crippen LogP contribution in [0.2, 0.25) is 0 Å². The Balaban J connectivity index is 2.32. The molecule has 0 bridgehead atoms. The highest BCUT2D eigenvalue weighted by molar-refractivity contribution is 7.09. The van der Waals surface area contributed by atoms with Crippen molar-refractivity contribution in [1.82, 2.24) is 4.98 Å². The summed E-state index contributed by atoms with van der Waals surface area (Å²) in [6.45, 7) is 1.30. The van der Waals surface area contributed by atoms with E-state index in [0.29, 0.717) is 49.0 Å². The first-order valence-electron chi connectivity index (χ1n) is 7.81. The topological polar surface area (TPSA) is 86.9 Å². The number of nitrogens with zero attached hydrogens (tertiary/aromatic N) is 2. The average Bonchev–Trinajstić information content (AvgIpc) is 3.10. The minimum absolute atomic E-state index is 0.191. The van der Waals surface area contributed by atoms with Gasteiger partial charge in [0.2, 0.25) is 0 Å². The van der Waals surface area contributed by atoms with Crippen molar-refractivity contribution < 1.29 is 19.0 Å². The van der Waals surface area contributed by atoms with Crippen LogP contribution in [0.25, 0.3) is 0 Å². The van der Waals surface area contributed by atoms with Gasteiger partial charge < -0.3 is 24.8 Å². The molecule has 1 heterocycles. The zero-order valence-electron chi connectivity index (χ0n) is 14.7. The van der Waals surface area contributed by atoms with E-state index in [1.54, 1.807) is 43.7 Å². The average molecular weight is 365 g/mol. The Morgan fingerprint density at radius 1 is 1.24 bits per heavy atom. The molecule has 0 saturated carbocycles. The summed E-state index contributed by atoms with van der Waals surface area (Å²) in [5.74, 6) is 0.963. The number of ether oxygens (including phenoxy) is 3. The maximum atomic E-state index is 12.9. The number of benzene rings is 1. The summed E-state index contributed by atoms with van der Waals surface area (Å²) in [6.07, 6.45) is 0.659. The number of hydrogen-bond donors (Lipinski definition) is 1. The molecule has 0 aliphatic rings. The predicted octanol–water partition coefficient (Wildman–Crippen LogP) is 1.95. The lowest BCUT2D eigenvalue weighted by Crippen LogP contribution is -2.34. The Labute approximate surface area is 151 Å². The molecule has 2 rings (SSSR count). The molecule has 0 radical (unpaired) electrons. The Hall–Kier alpha value is -2.16. The van der Waals surface area contributed by atoms with Gasteiger partial charge in [-0.3, -0.25) is 4.79 Å². The minimum atomic E-state index is -0.191. The number of thiazole rings is 1. The molecule has 0 aliphatic heterocycles. The summed E-state index contributed by atoms with van der Waals surface area (Å²) in [7, 11) is 4.72. The van der Waals surface area contributed by atoms with Crippen LogP contribution in [0.15, 0.2) is 23.6 Å². The molecule has 1 aromatic carbocycles. The largest absolute Gasteiger partial charge is 0.493 e. The third kappa shape index (κ3) is 4.68. The lowest BCUT2D eigenvalue weighted by atomic mass is 10.2. The SMILES string of the molecule is COCCN(C(=O)c1csc(CCN)n1)c1ccc(OC)c(OC)c1. The minimum Gasteiger partial charge on any atom is -0.493 e. The molecular weight excluding hydrogens is 342 g/mol. The molecule has 25 heavy (non-hydrogen) atoms. The van der Waals surface area contributed by atoms with E-state index in [0.717, 1.165) is 5.01 Å². The molecule has 0 spiro atoms. The third-order valence-corrected chi connectivity index (χ3v) is 4.48. The molecule has 7 nitrogen and oxygen atoms in total. The molecule has 2 N–H and O–H groups in total. The van der Waals surface area contributed by atoms with Gasteiger partial charge >= 0.3 is 0 Å². The van der Waals surface area contributed by atoms with Crippen LogP contribution in [0.4, 0.5) is 5.69 Å². The Morgan fingerprint density at radius 3 is 2.64 bits per heavy atom. The molecule has 0 fully saturated rings. The number of hydrogen-bond acceptors (Lipinski definition) is 7. The smallest absolute Gasteiger partial charge is 0.277 e. The van der Waals surface area contributed by atoms with E-state index < -0.39 is 0 Å². The van der Waals surface area contributed by atoms with E-state index >= 15 is 0 Å². The van der Waals surface area contributed by atoms with Crippen LogP contribution in [-0.2, 0) is 11.2 Å². The van der Waals surface area contributed by atoms with Crippen molar-refractivity contribution in [2.75, 3.05) is 45.9 Å². The van der Waals surface area contributed by atoms with Crippen LogP contribution in [0.5, 0.6) is 11.5 Å². The van der Waals surface area contributed by atoms with Gasteiger partial charge in [-0.25, -0.2) is 4.98 Å². The Morgan fingerprint density at radius 2 is 2.00 bits per heavy atom. The fourth-order valence-corrected chi connectivity index (χ4v) is 3.10. The first-order chi connectivity index (χ1) is 12.1. The molecule has 1 aromatic heterocycles. The van der Waals surface area contributed by atoms with Crippen molar-refractivity contribution in [3.8, 4) is 11.5 Å². The van der Waals surface area contributed by atoms with Gasteiger partial charge in [-0.15, -0.1) is 11.3 Å². The number of aromatic nitrogens is 1. The summed E-state index contributed by atoms with van der Waals surface area (Å²) < 4.78 is 15.7. The maximum absolute atomic E-state index is 12.9. The Bertz CT molecular complexity index is 705. The number of amides is 1.